The Labute approximate surface area is 175 Å². The van der Waals surface area contributed by atoms with Gasteiger partial charge in [0.2, 0.25) is 5.91 Å². The Bertz CT molecular complexity index is 1060. The fraction of sp³-hybridized carbons (Fsp3) is 0.250. The predicted octanol–water partition coefficient (Wildman–Crippen LogP) is 4.52. The van der Waals surface area contributed by atoms with E-state index in [9.17, 15) is 9.59 Å². The van der Waals surface area contributed by atoms with Crippen LogP contribution in [0.15, 0.2) is 60.7 Å². The summed E-state index contributed by atoms with van der Waals surface area (Å²) >= 11 is 1.88. The minimum Gasteiger partial charge on any atom is -0.337 e. The third kappa shape index (κ3) is 4.62. The van der Waals surface area contributed by atoms with Gasteiger partial charge in [0.15, 0.2) is 0 Å². The lowest BCUT2D eigenvalue weighted by molar-refractivity contribution is -0.115. The van der Waals surface area contributed by atoms with Crippen LogP contribution in [-0.4, -0.2) is 41.3 Å². The Morgan fingerprint density at radius 3 is 2.48 bits per heavy atom. The second-order valence-corrected chi connectivity index (χ2v) is 8.57. The van der Waals surface area contributed by atoms with Crippen LogP contribution in [0.5, 0.6) is 0 Å². The minimum atomic E-state index is -0.0597. The largest absolute Gasteiger partial charge is 0.337 e. The number of nitrogens with one attached hydrogen (secondary N) is 1. The average Bonchev–Trinajstić information content (AvgIpc) is 2.75. The van der Waals surface area contributed by atoms with Gasteiger partial charge in [-0.05, 0) is 47.0 Å². The number of rotatable bonds is 4. The molecule has 4 rings (SSSR count). The van der Waals surface area contributed by atoms with Crippen LogP contribution < -0.4 is 5.32 Å². The molecule has 0 bridgehead atoms. The summed E-state index contributed by atoms with van der Waals surface area (Å²) in [6.45, 7) is 3.52. The highest BCUT2D eigenvalue weighted by Gasteiger charge is 2.19. The van der Waals surface area contributed by atoms with Crippen molar-refractivity contribution >= 4 is 40.0 Å². The Morgan fingerprint density at radius 1 is 0.966 bits per heavy atom. The van der Waals surface area contributed by atoms with E-state index >= 15 is 0 Å². The maximum atomic E-state index is 12.7. The maximum absolute atomic E-state index is 12.7. The number of thioether (sulfide) groups is 1. The molecule has 0 unspecified atom stereocenters. The molecule has 1 aliphatic heterocycles. The predicted molar refractivity (Wildman–Crippen MR) is 121 cm³/mol. The molecule has 4 nitrogen and oxygen atoms in total. The molecule has 1 N–H and O–H groups in total. The number of benzene rings is 3. The van der Waals surface area contributed by atoms with Crippen LogP contribution in [0.2, 0.25) is 0 Å². The fourth-order valence-electron chi connectivity index (χ4n) is 3.61. The average molecular weight is 405 g/mol. The van der Waals surface area contributed by atoms with Crippen LogP contribution in [0, 0.1) is 6.92 Å². The molecule has 5 heteroatoms. The molecular weight excluding hydrogens is 380 g/mol. The van der Waals surface area contributed by atoms with Gasteiger partial charge in [0.1, 0.15) is 0 Å². The summed E-state index contributed by atoms with van der Waals surface area (Å²) < 4.78 is 0. The number of amides is 2. The number of hydrogen-bond acceptors (Lipinski definition) is 3. The topological polar surface area (TPSA) is 49.4 Å². The molecule has 1 fully saturated rings. The number of nitrogens with zero attached hydrogens (tertiary/aromatic N) is 1. The van der Waals surface area contributed by atoms with Crippen LogP contribution in [0.1, 0.15) is 21.5 Å². The van der Waals surface area contributed by atoms with Crippen LogP contribution in [0.4, 0.5) is 5.69 Å². The second kappa shape index (κ2) is 8.70. The number of fused-ring (bicyclic) bond motifs is 1. The zero-order valence-electron chi connectivity index (χ0n) is 16.5. The van der Waals surface area contributed by atoms with E-state index in [2.05, 4.69) is 23.5 Å². The minimum absolute atomic E-state index is 0.0597. The molecule has 1 heterocycles. The van der Waals surface area contributed by atoms with Crippen molar-refractivity contribution in [2.75, 3.05) is 29.9 Å². The van der Waals surface area contributed by atoms with Crippen molar-refractivity contribution in [1.82, 2.24) is 4.90 Å². The molecule has 1 saturated heterocycles. The highest BCUT2D eigenvalue weighted by molar-refractivity contribution is 7.99. The van der Waals surface area contributed by atoms with E-state index in [4.69, 9.17) is 0 Å². The van der Waals surface area contributed by atoms with E-state index < -0.39 is 0 Å². The molecule has 1 aliphatic rings. The highest BCUT2D eigenvalue weighted by atomic mass is 32.2. The molecule has 0 spiro atoms. The monoisotopic (exact) mass is 404 g/mol. The standard InChI is InChI=1S/C24H24N2O2S/c1-17-14-21(24(28)26-10-12-29-13-11-26)8-9-22(17)25-23(27)16-18-6-7-19-4-2-3-5-20(19)15-18/h2-9,14-15H,10-13,16H2,1H3,(H,25,27). The lowest BCUT2D eigenvalue weighted by atomic mass is 10.0. The summed E-state index contributed by atoms with van der Waals surface area (Å²) in [7, 11) is 0. The second-order valence-electron chi connectivity index (χ2n) is 7.34. The fourth-order valence-corrected chi connectivity index (χ4v) is 4.52. The van der Waals surface area contributed by atoms with Gasteiger partial charge in [-0.1, -0.05) is 42.5 Å². The summed E-state index contributed by atoms with van der Waals surface area (Å²) in [5.41, 5.74) is 3.31. The third-order valence-electron chi connectivity index (χ3n) is 5.22. The Kier molecular flexibility index (Phi) is 5.86. The number of hydrogen-bond donors (Lipinski definition) is 1. The lowest BCUT2D eigenvalue weighted by Gasteiger charge is -2.26. The Morgan fingerprint density at radius 2 is 1.72 bits per heavy atom. The van der Waals surface area contributed by atoms with Gasteiger partial charge in [-0.2, -0.15) is 11.8 Å². The summed E-state index contributed by atoms with van der Waals surface area (Å²) in [4.78, 5) is 27.1. The van der Waals surface area contributed by atoms with Crippen molar-refractivity contribution in [1.29, 1.82) is 0 Å². The summed E-state index contributed by atoms with van der Waals surface area (Å²) in [5.74, 6) is 2.00. The van der Waals surface area contributed by atoms with Crippen molar-refractivity contribution in [3.05, 3.63) is 77.4 Å². The third-order valence-corrected chi connectivity index (χ3v) is 6.17. The molecule has 148 valence electrons. The van der Waals surface area contributed by atoms with Gasteiger partial charge in [-0.15, -0.1) is 0 Å². The van der Waals surface area contributed by atoms with E-state index in [1.54, 1.807) is 0 Å². The normalized spacial score (nSPS) is 14.0. The molecular formula is C24H24N2O2S. The first kappa shape index (κ1) is 19.5. The first-order chi connectivity index (χ1) is 14.1. The smallest absolute Gasteiger partial charge is 0.253 e. The van der Waals surface area contributed by atoms with Crippen molar-refractivity contribution in [2.24, 2.45) is 0 Å². The van der Waals surface area contributed by atoms with E-state index in [0.717, 1.165) is 46.8 Å². The molecule has 2 amide bonds. The molecule has 0 aromatic heterocycles. The number of carbonyl (C=O) groups excluding carboxylic acids is 2. The van der Waals surface area contributed by atoms with Crippen molar-refractivity contribution in [3.63, 3.8) is 0 Å². The molecule has 3 aromatic carbocycles. The van der Waals surface area contributed by atoms with Crippen LogP contribution in [-0.2, 0) is 11.2 Å². The van der Waals surface area contributed by atoms with Crippen LogP contribution in [0.25, 0.3) is 10.8 Å². The van der Waals surface area contributed by atoms with Crippen molar-refractivity contribution in [3.8, 4) is 0 Å². The number of anilines is 1. The van der Waals surface area contributed by atoms with Crippen LogP contribution in [0.3, 0.4) is 0 Å². The van der Waals surface area contributed by atoms with Gasteiger partial charge in [-0.25, -0.2) is 0 Å². The van der Waals surface area contributed by atoms with E-state index in [0.29, 0.717) is 12.0 Å². The van der Waals surface area contributed by atoms with E-state index in [1.807, 2.05) is 66.1 Å². The number of aryl methyl sites for hydroxylation is 1. The SMILES string of the molecule is Cc1cc(C(=O)N2CCSCC2)ccc1NC(=O)Cc1ccc2ccccc2c1. The summed E-state index contributed by atoms with van der Waals surface area (Å²) in [6.07, 6.45) is 0.316. The first-order valence-corrected chi connectivity index (χ1v) is 11.0. The van der Waals surface area contributed by atoms with Gasteiger partial charge in [0.25, 0.3) is 5.91 Å². The van der Waals surface area contributed by atoms with Gasteiger partial charge in [0.05, 0.1) is 6.42 Å². The zero-order chi connectivity index (χ0) is 20.2. The zero-order valence-corrected chi connectivity index (χ0v) is 17.3. The molecule has 29 heavy (non-hydrogen) atoms. The quantitative estimate of drug-likeness (QED) is 0.696. The lowest BCUT2D eigenvalue weighted by Crippen LogP contribution is -2.37. The first-order valence-electron chi connectivity index (χ1n) is 9.85. The number of carbonyl (C=O) groups is 2. The highest BCUT2D eigenvalue weighted by Crippen LogP contribution is 2.21. The molecule has 0 atom stereocenters. The summed E-state index contributed by atoms with van der Waals surface area (Å²) in [5, 5.41) is 5.28. The van der Waals surface area contributed by atoms with Crippen LogP contribution >= 0.6 is 11.8 Å². The molecule has 0 saturated carbocycles. The van der Waals surface area contributed by atoms with E-state index in [-0.39, 0.29) is 11.8 Å². The summed E-state index contributed by atoms with van der Waals surface area (Å²) in [6, 6.07) is 19.7. The maximum Gasteiger partial charge on any atom is 0.253 e. The Hall–Kier alpha value is -2.79. The van der Waals surface area contributed by atoms with Gasteiger partial charge in [-0.3, -0.25) is 9.59 Å². The molecule has 0 aliphatic carbocycles. The van der Waals surface area contributed by atoms with Gasteiger partial charge < -0.3 is 10.2 Å². The Balaban J connectivity index is 1.42. The van der Waals surface area contributed by atoms with Crippen molar-refractivity contribution < 1.29 is 9.59 Å². The molecule has 0 radical (unpaired) electrons. The van der Waals surface area contributed by atoms with Gasteiger partial charge >= 0.3 is 0 Å². The van der Waals surface area contributed by atoms with Gasteiger partial charge in [0, 0.05) is 35.8 Å². The van der Waals surface area contributed by atoms with Crippen molar-refractivity contribution in [2.45, 2.75) is 13.3 Å². The van der Waals surface area contributed by atoms with E-state index in [1.165, 1.54) is 5.39 Å². The molecule has 3 aromatic rings.